The van der Waals surface area contributed by atoms with Gasteiger partial charge in [0.15, 0.2) is 23.4 Å². The van der Waals surface area contributed by atoms with E-state index in [4.69, 9.17) is 9.47 Å². The highest BCUT2D eigenvalue weighted by Crippen LogP contribution is 2.40. The lowest BCUT2D eigenvalue weighted by Crippen LogP contribution is -2.67. The molecule has 1 aromatic carbocycles. The van der Waals surface area contributed by atoms with E-state index in [1.165, 1.54) is 0 Å². The van der Waals surface area contributed by atoms with Gasteiger partial charge in [0.25, 0.3) is 5.91 Å². The largest absolute Gasteiger partial charge is 0.485 e. The zero-order chi connectivity index (χ0) is 15.7. The van der Waals surface area contributed by atoms with Crippen LogP contribution < -0.4 is 14.8 Å². The Hall–Kier alpha value is -2.08. The van der Waals surface area contributed by atoms with Gasteiger partial charge in [-0.3, -0.25) is 9.59 Å². The molecular formula is C16H20N2O4. The van der Waals surface area contributed by atoms with Crippen LogP contribution in [0, 0.1) is 0 Å². The first-order valence-electron chi connectivity index (χ1n) is 7.58. The Labute approximate surface area is 129 Å². The molecule has 2 aliphatic heterocycles. The molecule has 6 heteroatoms. The van der Waals surface area contributed by atoms with Crippen LogP contribution in [0.2, 0.25) is 0 Å². The van der Waals surface area contributed by atoms with Crippen molar-refractivity contribution >= 4 is 12.2 Å². The zero-order valence-corrected chi connectivity index (χ0v) is 12.8. The molecule has 0 saturated carbocycles. The Morgan fingerprint density at radius 2 is 2.09 bits per heavy atom. The van der Waals surface area contributed by atoms with Crippen molar-refractivity contribution in [2.24, 2.45) is 0 Å². The van der Waals surface area contributed by atoms with Crippen molar-refractivity contribution < 1.29 is 19.1 Å². The quantitative estimate of drug-likeness (QED) is 0.844. The molecule has 3 rings (SSSR count). The summed E-state index contributed by atoms with van der Waals surface area (Å²) < 4.78 is 11.7. The molecular weight excluding hydrogens is 284 g/mol. The van der Waals surface area contributed by atoms with Crippen LogP contribution in [0.4, 0.5) is 0 Å². The molecule has 2 aliphatic rings. The average Bonchev–Trinajstić information content (AvgIpc) is 2.52. The van der Waals surface area contributed by atoms with Crippen LogP contribution in [0.1, 0.15) is 34.6 Å². The molecule has 0 unspecified atom stereocenters. The van der Waals surface area contributed by atoms with E-state index in [0.717, 1.165) is 13.1 Å². The summed E-state index contributed by atoms with van der Waals surface area (Å²) in [5.74, 6) is 0.751. The Kier molecular flexibility index (Phi) is 3.78. The zero-order valence-electron chi connectivity index (χ0n) is 12.8. The maximum absolute atomic E-state index is 12.5. The number of rotatable bonds is 4. The molecule has 118 valence electrons. The number of nitrogens with one attached hydrogen (secondary N) is 1. The number of fused-ring (bicyclic) bond motifs is 1. The first-order chi connectivity index (χ1) is 10.6. The second-order valence-corrected chi connectivity index (χ2v) is 5.63. The topological polar surface area (TPSA) is 67.9 Å². The van der Waals surface area contributed by atoms with Crippen molar-refractivity contribution in [3.05, 3.63) is 23.3 Å². The van der Waals surface area contributed by atoms with E-state index in [1.807, 2.05) is 13.8 Å². The third-order valence-electron chi connectivity index (χ3n) is 4.26. The van der Waals surface area contributed by atoms with Crippen molar-refractivity contribution in [1.82, 2.24) is 10.2 Å². The lowest BCUT2D eigenvalue weighted by Gasteiger charge is -2.45. The Balaban J connectivity index is 1.97. The number of hydrogen-bond donors (Lipinski definition) is 1. The van der Waals surface area contributed by atoms with Crippen molar-refractivity contribution in [2.75, 3.05) is 32.8 Å². The minimum absolute atomic E-state index is 0.163. The van der Waals surface area contributed by atoms with Crippen molar-refractivity contribution in [3.8, 4) is 11.5 Å². The minimum atomic E-state index is -0.336. The van der Waals surface area contributed by atoms with Gasteiger partial charge in [-0.05, 0) is 26.0 Å². The van der Waals surface area contributed by atoms with Crippen LogP contribution in [0.5, 0.6) is 11.5 Å². The summed E-state index contributed by atoms with van der Waals surface area (Å²) in [5.41, 5.74) is 0.303. The number of ether oxygens (including phenoxy) is 2. The summed E-state index contributed by atoms with van der Waals surface area (Å²) in [7, 11) is 0. The second kappa shape index (κ2) is 5.61. The van der Waals surface area contributed by atoms with E-state index in [1.54, 1.807) is 17.0 Å². The maximum Gasteiger partial charge on any atom is 0.254 e. The first-order valence-corrected chi connectivity index (χ1v) is 7.58. The van der Waals surface area contributed by atoms with Crippen LogP contribution in [0.25, 0.3) is 0 Å². The van der Waals surface area contributed by atoms with E-state index in [0.29, 0.717) is 43.0 Å². The molecule has 1 amide bonds. The molecule has 0 aromatic heterocycles. The van der Waals surface area contributed by atoms with Crippen LogP contribution in [-0.4, -0.2) is 55.5 Å². The molecule has 6 nitrogen and oxygen atoms in total. The molecule has 1 aromatic rings. The highest BCUT2D eigenvalue weighted by atomic mass is 16.6. The van der Waals surface area contributed by atoms with E-state index >= 15 is 0 Å². The summed E-state index contributed by atoms with van der Waals surface area (Å²) in [4.78, 5) is 25.7. The maximum atomic E-state index is 12.5. The third-order valence-corrected chi connectivity index (χ3v) is 4.26. The van der Waals surface area contributed by atoms with E-state index in [2.05, 4.69) is 5.32 Å². The van der Waals surface area contributed by atoms with Crippen molar-refractivity contribution in [3.63, 3.8) is 0 Å². The van der Waals surface area contributed by atoms with Crippen LogP contribution in [-0.2, 0) is 0 Å². The van der Waals surface area contributed by atoms with Gasteiger partial charge in [0.2, 0.25) is 0 Å². The molecule has 1 saturated heterocycles. The molecule has 1 fully saturated rings. The lowest BCUT2D eigenvalue weighted by atomic mass is 9.96. The minimum Gasteiger partial charge on any atom is -0.485 e. The monoisotopic (exact) mass is 304 g/mol. The van der Waals surface area contributed by atoms with Gasteiger partial charge in [-0.15, -0.1) is 0 Å². The van der Waals surface area contributed by atoms with Crippen LogP contribution in [0.3, 0.4) is 0 Å². The number of benzene rings is 1. The van der Waals surface area contributed by atoms with Gasteiger partial charge >= 0.3 is 0 Å². The van der Waals surface area contributed by atoms with E-state index in [-0.39, 0.29) is 17.1 Å². The van der Waals surface area contributed by atoms with E-state index in [9.17, 15) is 9.59 Å². The number of carbonyl (C=O) groups excluding carboxylic acids is 2. The van der Waals surface area contributed by atoms with Gasteiger partial charge in [-0.2, -0.15) is 0 Å². The van der Waals surface area contributed by atoms with Gasteiger partial charge in [0, 0.05) is 26.2 Å². The van der Waals surface area contributed by atoms with Crippen molar-refractivity contribution in [1.29, 1.82) is 0 Å². The van der Waals surface area contributed by atoms with Crippen LogP contribution >= 0.6 is 0 Å². The highest BCUT2D eigenvalue weighted by molar-refractivity contribution is 6.03. The second-order valence-electron chi connectivity index (χ2n) is 5.63. The highest BCUT2D eigenvalue weighted by Gasteiger charge is 2.44. The molecule has 22 heavy (non-hydrogen) atoms. The first kappa shape index (κ1) is 14.8. The summed E-state index contributed by atoms with van der Waals surface area (Å²) in [6.45, 7) is 6.84. The molecule has 2 heterocycles. The third kappa shape index (κ3) is 2.23. The standard InChI is InChI=1S/C16H20N2O4/c1-3-18(4-2)15(20)11-5-6-13-14(12(11)7-19)21-10-16(22-13)8-17-9-16/h5-7,17H,3-4,8-10H2,1-2H3. The van der Waals surface area contributed by atoms with Gasteiger partial charge in [0.05, 0.1) is 11.1 Å². The number of nitrogens with zero attached hydrogens (tertiary/aromatic N) is 1. The summed E-state index contributed by atoms with van der Waals surface area (Å²) in [5, 5.41) is 3.16. The van der Waals surface area contributed by atoms with Gasteiger partial charge in [0.1, 0.15) is 6.61 Å². The normalized spacial score (nSPS) is 17.7. The summed E-state index contributed by atoms with van der Waals surface area (Å²) in [6.07, 6.45) is 0.677. The van der Waals surface area contributed by atoms with Gasteiger partial charge in [-0.1, -0.05) is 0 Å². The molecule has 0 aliphatic carbocycles. The number of carbonyl (C=O) groups is 2. The fourth-order valence-corrected chi connectivity index (χ4v) is 2.84. The number of aldehydes is 1. The summed E-state index contributed by atoms with van der Waals surface area (Å²) in [6, 6.07) is 3.37. The molecule has 1 spiro atoms. The molecule has 0 bridgehead atoms. The summed E-state index contributed by atoms with van der Waals surface area (Å²) >= 11 is 0. The van der Waals surface area contributed by atoms with Gasteiger partial charge in [-0.25, -0.2) is 0 Å². The van der Waals surface area contributed by atoms with Crippen LogP contribution in [0.15, 0.2) is 12.1 Å². The number of amides is 1. The van der Waals surface area contributed by atoms with E-state index < -0.39 is 0 Å². The SMILES string of the molecule is CCN(CC)C(=O)c1ccc2c(c1C=O)OCC1(CNC1)O2. The number of hydrogen-bond acceptors (Lipinski definition) is 5. The Morgan fingerprint density at radius 1 is 1.36 bits per heavy atom. The van der Waals surface area contributed by atoms with Gasteiger partial charge < -0.3 is 19.7 Å². The molecule has 0 atom stereocenters. The average molecular weight is 304 g/mol. The molecule has 0 radical (unpaired) electrons. The van der Waals surface area contributed by atoms with Crippen molar-refractivity contribution in [2.45, 2.75) is 19.4 Å². The predicted molar refractivity (Wildman–Crippen MR) is 80.8 cm³/mol. The Bertz CT molecular complexity index is 606. The smallest absolute Gasteiger partial charge is 0.254 e. The predicted octanol–water partition coefficient (Wildman–Crippen LogP) is 1.09. The molecule has 1 N–H and O–H groups in total. The lowest BCUT2D eigenvalue weighted by molar-refractivity contribution is -0.0461. The Morgan fingerprint density at radius 3 is 2.64 bits per heavy atom. The fraction of sp³-hybridized carbons (Fsp3) is 0.500. The fourth-order valence-electron chi connectivity index (χ4n) is 2.84.